The zero-order valence-corrected chi connectivity index (χ0v) is 30.3. The van der Waals surface area contributed by atoms with Crippen LogP contribution < -0.4 is 20.1 Å². The SMILES string of the molecule is CC(C)(C)CC(=O)N[C@H]1CCCCC/C=C\[C@@H]2C[C@@]2(C(=O)NS(=O)(=O)C2(C)CC2)NC(=O)[C@@H]2C[C@@H](Oc3nc4ccccc4s3)CN2C1=O. The summed E-state index contributed by atoms with van der Waals surface area (Å²) in [6.07, 6.45) is 8.29. The van der Waals surface area contributed by atoms with Crippen molar-refractivity contribution in [2.75, 3.05) is 6.54 Å². The fraction of sp³-hybridized carbons (Fsp3) is 0.629. The normalized spacial score (nSPS) is 29.4. The van der Waals surface area contributed by atoms with Crippen molar-refractivity contribution in [2.45, 2.75) is 120 Å². The van der Waals surface area contributed by atoms with Gasteiger partial charge in [-0.05, 0) is 63.0 Å². The Morgan fingerprint density at radius 1 is 1.14 bits per heavy atom. The second-order valence-corrected chi connectivity index (χ2v) is 18.7. The number of benzene rings is 1. The van der Waals surface area contributed by atoms with Crippen LogP contribution in [0, 0.1) is 11.3 Å². The van der Waals surface area contributed by atoms with Crippen LogP contribution in [0.4, 0.5) is 0 Å². The van der Waals surface area contributed by atoms with Gasteiger partial charge < -0.3 is 20.3 Å². The summed E-state index contributed by atoms with van der Waals surface area (Å²) in [6, 6.07) is 5.76. The first kappa shape index (κ1) is 35.3. The molecule has 1 aromatic heterocycles. The molecule has 4 aliphatic rings. The molecule has 2 aliphatic heterocycles. The molecule has 2 aliphatic carbocycles. The molecule has 266 valence electrons. The van der Waals surface area contributed by atoms with Gasteiger partial charge in [0.05, 0.1) is 21.5 Å². The predicted octanol–water partition coefficient (Wildman–Crippen LogP) is 3.96. The van der Waals surface area contributed by atoms with E-state index >= 15 is 0 Å². The van der Waals surface area contributed by atoms with Gasteiger partial charge in [-0.15, -0.1) is 0 Å². The van der Waals surface area contributed by atoms with E-state index < -0.39 is 56.2 Å². The number of carbonyl (C=O) groups excluding carboxylic acids is 4. The Morgan fingerprint density at radius 2 is 1.90 bits per heavy atom. The highest BCUT2D eigenvalue weighted by molar-refractivity contribution is 7.91. The van der Waals surface area contributed by atoms with Crippen LogP contribution in [0.2, 0.25) is 0 Å². The highest BCUT2D eigenvalue weighted by Crippen LogP contribution is 2.47. The zero-order chi connectivity index (χ0) is 35.2. The average Bonchev–Trinajstić information content (AvgIpc) is 3.82. The fourth-order valence-corrected chi connectivity index (χ4v) is 8.91. The van der Waals surface area contributed by atoms with Crippen molar-refractivity contribution >= 4 is 55.2 Å². The van der Waals surface area contributed by atoms with Crippen molar-refractivity contribution in [1.29, 1.82) is 0 Å². The van der Waals surface area contributed by atoms with Crippen molar-refractivity contribution < 1.29 is 32.3 Å². The molecule has 0 radical (unpaired) electrons. The molecule has 49 heavy (non-hydrogen) atoms. The standard InChI is InChI=1S/C35H47N5O7S2/c1-33(2,3)20-28(41)36-25-14-9-7-5-6-8-12-22-19-35(22,31(44)39-49(45,46)34(4)16-17-34)38-29(42)26-18-23(21-40(26)30(25)43)47-32-37-24-13-10-11-15-27(24)48-32/h8,10-13,15,22-23,25-26H,5-7,9,14,16-21H2,1-4H3,(H,36,41)(H,38,42)(H,39,44)/b12-8-/t22-,23-,25+,26+,35-/m1/s1. The quantitative estimate of drug-likeness (QED) is 0.363. The molecule has 5 atom stereocenters. The first-order valence-corrected chi connectivity index (χ1v) is 19.6. The van der Waals surface area contributed by atoms with E-state index in [4.69, 9.17) is 4.74 Å². The van der Waals surface area contributed by atoms with Crippen molar-refractivity contribution in [3.8, 4) is 5.19 Å². The summed E-state index contributed by atoms with van der Waals surface area (Å²) in [7, 11) is -3.95. The van der Waals surface area contributed by atoms with Gasteiger partial charge in [0.15, 0.2) is 0 Å². The van der Waals surface area contributed by atoms with E-state index in [1.807, 2.05) is 57.2 Å². The second-order valence-electron chi connectivity index (χ2n) is 15.5. The van der Waals surface area contributed by atoms with Crippen LogP contribution in [0.3, 0.4) is 0 Å². The van der Waals surface area contributed by atoms with Crippen LogP contribution in [-0.2, 0) is 29.2 Å². The molecule has 6 rings (SSSR count). The number of hydrogen-bond acceptors (Lipinski definition) is 9. The number of ether oxygens (including phenoxy) is 1. The summed E-state index contributed by atoms with van der Waals surface area (Å²) in [6.45, 7) is 7.54. The number of sulfonamides is 1. The molecule has 4 amide bonds. The molecule has 2 aromatic rings. The number of amides is 4. The maximum Gasteiger partial charge on any atom is 0.274 e. The molecule has 1 saturated heterocycles. The van der Waals surface area contributed by atoms with Crippen LogP contribution in [-0.4, -0.2) is 76.9 Å². The summed E-state index contributed by atoms with van der Waals surface area (Å²) >= 11 is 1.37. The average molecular weight is 714 g/mol. The number of thiazole rings is 1. The molecular weight excluding hydrogens is 667 g/mol. The van der Waals surface area contributed by atoms with Crippen molar-refractivity contribution in [3.63, 3.8) is 0 Å². The largest absolute Gasteiger partial charge is 0.465 e. The van der Waals surface area contributed by atoms with Gasteiger partial charge in [0, 0.05) is 18.8 Å². The van der Waals surface area contributed by atoms with Crippen molar-refractivity contribution in [1.82, 2.24) is 25.2 Å². The number of rotatable bonds is 7. The molecule has 14 heteroatoms. The van der Waals surface area contributed by atoms with Gasteiger partial charge in [0.1, 0.15) is 23.7 Å². The van der Waals surface area contributed by atoms with E-state index in [1.54, 1.807) is 6.92 Å². The Kier molecular flexibility index (Phi) is 9.59. The number of nitrogens with one attached hydrogen (secondary N) is 3. The smallest absolute Gasteiger partial charge is 0.274 e. The highest BCUT2D eigenvalue weighted by Gasteiger charge is 2.63. The van der Waals surface area contributed by atoms with E-state index in [1.165, 1.54) is 16.2 Å². The number of nitrogens with zero attached hydrogens (tertiary/aromatic N) is 2. The lowest BCUT2D eigenvalue weighted by Crippen LogP contribution is -2.58. The van der Waals surface area contributed by atoms with E-state index in [9.17, 15) is 27.6 Å². The van der Waals surface area contributed by atoms with Crippen LogP contribution in [0.1, 0.15) is 91.9 Å². The van der Waals surface area contributed by atoms with Gasteiger partial charge in [-0.2, -0.15) is 0 Å². The minimum absolute atomic E-state index is 0.0771. The van der Waals surface area contributed by atoms with Gasteiger partial charge in [0.25, 0.3) is 11.1 Å². The monoisotopic (exact) mass is 713 g/mol. The number of allylic oxidation sites excluding steroid dienone is 1. The Hall–Kier alpha value is -3.52. The van der Waals surface area contributed by atoms with Crippen molar-refractivity contribution in [2.24, 2.45) is 11.3 Å². The molecule has 3 N–H and O–H groups in total. The minimum Gasteiger partial charge on any atom is -0.465 e. The third-order valence-corrected chi connectivity index (χ3v) is 13.1. The summed E-state index contributed by atoms with van der Waals surface area (Å²) in [5.41, 5.74) is -0.972. The van der Waals surface area contributed by atoms with Gasteiger partial charge in [-0.25, -0.2) is 13.4 Å². The third kappa shape index (κ3) is 7.79. The van der Waals surface area contributed by atoms with Gasteiger partial charge >= 0.3 is 0 Å². The van der Waals surface area contributed by atoms with E-state index in [0.29, 0.717) is 30.9 Å². The Labute approximate surface area is 291 Å². The van der Waals surface area contributed by atoms with Gasteiger partial charge in [0.2, 0.25) is 27.7 Å². The predicted molar refractivity (Wildman–Crippen MR) is 186 cm³/mol. The number of carbonyl (C=O) groups is 4. The molecule has 2 saturated carbocycles. The molecular formula is C35H47N5O7S2. The number of para-hydroxylation sites is 1. The maximum atomic E-state index is 14.4. The van der Waals surface area contributed by atoms with Crippen LogP contribution in [0.5, 0.6) is 5.19 Å². The summed E-state index contributed by atoms with van der Waals surface area (Å²) < 4.78 is 34.6. The maximum absolute atomic E-state index is 14.4. The lowest BCUT2D eigenvalue weighted by molar-refractivity contribution is -0.142. The fourth-order valence-electron chi connectivity index (χ4n) is 6.72. The Morgan fingerprint density at radius 3 is 2.61 bits per heavy atom. The molecule has 12 nitrogen and oxygen atoms in total. The van der Waals surface area contributed by atoms with Gasteiger partial charge in [-0.1, -0.05) is 69.2 Å². The topological polar surface area (TPSA) is 164 Å². The lowest BCUT2D eigenvalue weighted by atomic mass is 9.91. The summed E-state index contributed by atoms with van der Waals surface area (Å²) in [4.78, 5) is 61.4. The van der Waals surface area contributed by atoms with E-state index in [0.717, 1.165) is 29.5 Å². The molecule has 1 aromatic carbocycles. The molecule has 3 heterocycles. The van der Waals surface area contributed by atoms with Crippen LogP contribution in [0.15, 0.2) is 36.4 Å². The lowest BCUT2D eigenvalue weighted by Gasteiger charge is -2.30. The number of fused-ring (bicyclic) bond motifs is 3. The van der Waals surface area contributed by atoms with E-state index in [-0.39, 0.29) is 43.0 Å². The van der Waals surface area contributed by atoms with Crippen LogP contribution >= 0.6 is 11.3 Å². The summed E-state index contributed by atoms with van der Waals surface area (Å²) in [5.74, 6) is -2.36. The molecule has 0 spiro atoms. The number of hydrogen-bond donors (Lipinski definition) is 3. The third-order valence-electron chi connectivity index (χ3n) is 10.0. The number of aromatic nitrogens is 1. The van der Waals surface area contributed by atoms with Crippen molar-refractivity contribution in [3.05, 3.63) is 36.4 Å². The first-order chi connectivity index (χ1) is 23.1. The van der Waals surface area contributed by atoms with E-state index in [2.05, 4.69) is 20.3 Å². The Bertz CT molecular complexity index is 1730. The first-order valence-electron chi connectivity index (χ1n) is 17.3. The molecule has 0 bridgehead atoms. The molecule has 3 fully saturated rings. The second kappa shape index (κ2) is 13.3. The minimum atomic E-state index is -3.95. The highest BCUT2D eigenvalue weighted by atomic mass is 32.2. The van der Waals surface area contributed by atoms with Crippen LogP contribution in [0.25, 0.3) is 10.2 Å². The Balaban J connectivity index is 1.29. The molecule has 0 unspecified atom stereocenters. The summed E-state index contributed by atoms with van der Waals surface area (Å²) in [5, 5.41) is 6.27. The van der Waals surface area contributed by atoms with Gasteiger partial charge in [-0.3, -0.25) is 23.9 Å². The zero-order valence-electron chi connectivity index (χ0n) is 28.6.